The molecular weight excluding hydrogens is 328 g/mol. The molecule has 1 saturated heterocycles. The Morgan fingerprint density at radius 3 is 2.54 bits per heavy atom. The zero-order valence-corrected chi connectivity index (χ0v) is 15.1. The van der Waals surface area contributed by atoms with Gasteiger partial charge >= 0.3 is 0 Å². The van der Waals surface area contributed by atoms with Gasteiger partial charge in [-0.2, -0.15) is 17.0 Å². The maximum absolute atomic E-state index is 12.5. The number of amides is 1. The van der Waals surface area contributed by atoms with E-state index in [9.17, 15) is 13.2 Å². The van der Waals surface area contributed by atoms with Gasteiger partial charge in [0.25, 0.3) is 10.2 Å². The Kier molecular flexibility index (Phi) is 6.70. The highest BCUT2D eigenvalue weighted by Crippen LogP contribution is 2.21. The van der Waals surface area contributed by atoms with E-state index in [0.717, 1.165) is 5.56 Å². The first kappa shape index (κ1) is 18.8. The second kappa shape index (κ2) is 8.55. The fourth-order valence-corrected chi connectivity index (χ4v) is 4.55. The first-order valence-corrected chi connectivity index (χ1v) is 9.80. The number of hydrogen-bond acceptors (Lipinski definition) is 4. The third-order valence-electron chi connectivity index (χ3n) is 4.37. The van der Waals surface area contributed by atoms with Gasteiger partial charge in [-0.25, -0.2) is 0 Å². The van der Waals surface area contributed by atoms with Gasteiger partial charge in [0.15, 0.2) is 0 Å². The van der Waals surface area contributed by atoms with Crippen LogP contribution in [0.5, 0.6) is 0 Å². The van der Waals surface area contributed by atoms with E-state index < -0.39 is 10.2 Å². The summed E-state index contributed by atoms with van der Waals surface area (Å²) in [5.41, 5.74) is 0.951. The van der Waals surface area contributed by atoms with Crippen LogP contribution in [-0.4, -0.2) is 54.1 Å². The normalized spacial score (nSPS) is 17.1. The van der Waals surface area contributed by atoms with Crippen molar-refractivity contribution in [3.63, 3.8) is 0 Å². The van der Waals surface area contributed by atoms with Gasteiger partial charge in [0.05, 0.1) is 0 Å². The third-order valence-corrected chi connectivity index (χ3v) is 6.56. The highest BCUT2D eigenvalue weighted by atomic mass is 32.2. The Bertz CT molecular complexity index is 624. The Labute approximate surface area is 144 Å². The fraction of sp³-hybridized carbons (Fsp3) is 0.625. The molecule has 0 aliphatic carbocycles. The predicted molar refractivity (Wildman–Crippen MR) is 92.2 cm³/mol. The zero-order chi connectivity index (χ0) is 17.6. The van der Waals surface area contributed by atoms with E-state index in [2.05, 4.69) is 10.3 Å². The minimum atomic E-state index is -3.40. The quantitative estimate of drug-likeness (QED) is 0.792. The van der Waals surface area contributed by atoms with Crippen LogP contribution >= 0.6 is 0 Å². The molecule has 1 aromatic rings. The number of carbonyl (C=O) groups excluding carboxylic acids is 1. The second-order valence-corrected chi connectivity index (χ2v) is 7.77. The number of nitrogens with zero attached hydrogens (tertiary/aromatic N) is 3. The molecule has 0 aromatic carbocycles. The summed E-state index contributed by atoms with van der Waals surface area (Å²) < 4.78 is 27.9. The number of carbonyl (C=O) groups is 1. The summed E-state index contributed by atoms with van der Waals surface area (Å²) >= 11 is 0. The molecule has 1 aliphatic heterocycles. The van der Waals surface area contributed by atoms with Crippen LogP contribution < -0.4 is 5.32 Å². The lowest BCUT2D eigenvalue weighted by Gasteiger charge is -2.33. The molecule has 0 radical (unpaired) electrons. The summed E-state index contributed by atoms with van der Waals surface area (Å²) in [4.78, 5) is 16.3. The van der Waals surface area contributed by atoms with Gasteiger partial charge in [0.1, 0.15) is 0 Å². The molecule has 0 saturated carbocycles. The largest absolute Gasteiger partial charge is 0.352 e. The van der Waals surface area contributed by atoms with Gasteiger partial charge in [0.2, 0.25) is 5.91 Å². The van der Waals surface area contributed by atoms with Crippen LogP contribution in [0.4, 0.5) is 0 Å². The number of aromatic nitrogens is 1. The van der Waals surface area contributed by atoms with Gasteiger partial charge in [-0.15, -0.1) is 0 Å². The molecule has 24 heavy (non-hydrogen) atoms. The summed E-state index contributed by atoms with van der Waals surface area (Å²) in [5, 5.41) is 2.91. The number of pyridine rings is 1. The van der Waals surface area contributed by atoms with E-state index in [1.165, 1.54) is 8.61 Å². The minimum absolute atomic E-state index is 0.0151. The highest BCUT2D eigenvalue weighted by Gasteiger charge is 2.33. The van der Waals surface area contributed by atoms with Crippen molar-refractivity contribution in [1.82, 2.24) is 18.9 Å². The smallest absolute Gasteiger partial charge is 0.281 e. The molecule has 7 nitrogen and oxygen atoms in total. The van der Waals surface area contributed by atoms with Crippen molar-refractivity contribution in [3.8, 4) is 0 Å². The fourth-order valence-electron chi connectivity index (χ4n) is 2.90. The third kappa shape index (κ3) is 4.52. The van der Waals surface area contributed by atoms with Gasteiger partial charge in [-0.3, -0.25) is 9.78 Å². The summed E-state index contributed by atoms with van der Waals surface area (Å²) in [6.07, 6.45) is 4.52. The first-order chi connectivity index (χ1) is 11.5. The predicted octanol–water partition coefficient (Wildman–Crippen LogP) is 0.996. The Morgan fingerprint density at radius 2 is 2.00 bits per heavy atom. The van der Waals surface area contributed by atoms with E-state index >= 15 is 0 Å². The van der Waals surface area contributed by atoms with Gasteiger partial charge < -0.3 is 5.32 Å². The maximum Gasteiger partial charge on any atom is 0.281 e. The van der Waals surface area contributed by atoms with Crippen molar-refractivity contribution in [2.24, 2.45) is 5.92 Å². The summed E-state index contributed by atoms with van der Waals surface area (Å²) in [5.74, 6) is -0.149. The summed E-state index contributed by atoms with van der Waals surface area (Å²) in [6, 6.07) is 3.74. The average molecular weight is 354 g/mol. The van der Waals surface area contributed by atoms with Crippen molar-refractivity contribution in [3.05, 3.63) is 30.1 Å². The Morgan fingerprint density at radius 1 is 1.33 bits per heavy atom. The van der Waals surface area contributed by atoms with Crippen LogP contribution in [0.3, 0.4) is 0 Å². The highest BCUT2D eigenvalue weighted by molar-refractivity contribution is 7.86. The van der Waals surface area contributed by atoms with Crippen LogP contribution in [0.2, 0.25) is 0 Å². The van der Waals surface area contributed by atoms with Crippen LogP contribution in [-0.2, 0) is 21.5 Å². The van der Waals surface area contributed by atoms with Crippen LogP contribution in [0.25, 0.3) is 0 Å². The minimum Gasteiger partial charge on any atom is -0.352 e. The van der Waals surface area contributed by atoms with Gasteiger partial charge in [0, 0.05) is 51.0 Å². The summed E-state index contributed by atoms with van der Waals surface area (Å²) in [6.45, 7) is 5.83. The molecule has 0 unspecified atom stereocenters. The lowest BCUT2D eigenvalue weighted by molar-refractivity contribution is -0.126. The monoisotopic (exact) mass is 354 g/mol. The second-order valence-electron chi connectivity index (χ2n) is 5.84. The molecule has 2 heterocycles. The molecule has 1 aromatic heterocycles. The van der Waals surface area contributed by atoms with Crippen molar-refractivity contribution in [1.29, 1.82) is 0 Å². The Hall–Kier alpha value is -1.51. The molecule has 1 aliphatic rings. The average Bonchev–Trinajstić information content (AvgIpc) is 2.61. The molecule has 2 rings (SSSR count). The van der Waals surface area contributed by atoms with Crippen LogP contribution in [0.1, 0.15) is 32.3 Å². The molecule has 1 amide bonds. The van der Waals surface area contributed by atoms with Crippen molar-refractivity contribution in [2.45, 2.75) is 33.2 Å². The number of nitrogens with one attached hydrogen (secondary N) is 1. The van der Waals surface area contributed by atoms with Gasteiger partial charge in [-0.05, 0) is 24.5 Å². The van der Waals surface area contributed by atoms with Crippen molar-refractivity contribution < 1.29 is 13.2 Å². The number of rotatable bonds is 7. The van der Waals surface area contributed by atoms with Crippen molar-refractivity contribution >= 4 is 16.1 Å². The lowest BCUT2D eigenvalue weighted by atomic mass is 9.97. The van der Waals surface area contributed by atoms with Crippen molar-refractivity contribution in [2.75, 3.05) is 26.2 Å². The molecule has 1 N–H and O–H groups in total. The van der Waals surface area contributed by atoms with E-state index in [4.69, 9.17) is 0 Å². The molecule has 1 fully saturated rings. The Balaban J connectivity index is 1.85. The maximum atomic E-state index is 12.5. The number of piperidine rings is 1. The van der Waals surface area contributed by atoms with Gasteiger partial charge in [-0.1, -0.05) is 19.9 Å². The lowest BCUT2D eigenvalue weighted by Crippen LogP contribution is -2.48. The van der Waals surface area contributed by atoms with Crippen LogP contribution in [0.15, 0.2) is 24.5 Å². The van der Waals surface area contributed by atoms with Crippen LogP contribution in [0, 0.1) is 5.92 Å². The standard InChI is InChI=1S/C16H26N4O3S/c1-3-19(4-2)24(22,23)20-10-7-15(8-11-20)16(21)18-13-14-6-5-9-17-12-14/h5-6,9,12,15H,3-4,7-8,10-11,13H2,1-2H3,(H,18,21). The van der Waals surface area contributed by atoms with E-state index in [0.29, 0.717) is 45.6 Å². The SMILES string of the molecule is CCN(CC)S(=O)(=O)N1CCC(C(=O)NCc2cccnc2)CC1. The molecule has 8 heteroatoms. The van der Waals surface area contributed by atoms with E-state index in [1.54, 1.807) is 12.4 Å². The van der Waals surface area contributed by atoms with E-state index in [-0.39, 0.29) is 11.8 Å². The molecule has 134 valence electrons. The van der Waals surface area contributed by atoms with E-state index in [1.807, 2.05) is 26.0 Å². The topological polar surface area (TPSA) is 82.6 Å². The molecule has 0 bridgehead atoms. The molecule has 0 atom stereocenters. The molecular formula is C16H26N4O3S. The molecule has 0 spiro atoms. The zero-order valence-electron chi connectivity index (χ0n) is 14.3. The summed E-state index contributed by atoms with van der Waals surface area (Å²) in [7, 11) is -3.40. The number of hydrogen-bond donors (Lipinski definition) is 1. The first-order valence-electron chi connectivity index (χ1n) is 8.40.